The van der Waals surface area contributed by atoms with Gasteiger partial charge in [-0.1, -0.05) is 30.3 Å². The minimum atomic E-state index is -1.62. The summed E-state index contributed by atoms with van der Waals surface area (Å²) in [4.78, 5) is 49.8. The van der Waals surface area contributed by atoms with Crippen LogP contribution in [0.5, 0.6) is 0 Å². The molecule has 3 rings (SSSR count). The van der Waals surface area contributed by atoms with Crippen molar-refractivity contribution in [2.45, 2.75) is 32.4 Å². The van der Waals surface area contributed by atoms with Crippen LogP contribution in [0, 0.1) is 11.6 Å². The van der Waals surface area contributed by atoms with Gasteiger partial charge in [-0.05, 0) is 37.1 Å². The van der Waals surface area contributed by atoms with E-state index < -0.39 is 41.4 Å². The van der Waals surface area contributed by atoms with Crippen LogP contribution in [-0.4, -0.2) is 35.1 Å². The van der Waals surface area contributed by atoms with Crippen LogP contribution in [0.25, 0.3) is 0 Å². The van der Waals surface area contributed by atoms with Crippen LogP contribution in [0.4, 0.5) is 13.6 Å². The monoisotopic (exact) mass is 429 g/mol. The number of carbonyl (C=O) groups excluding carboxylic acids is 4. The van der Waals surface area contributed by atoms with Gasteiger partial charge in [0.15, 0.2) is 17.4 Å². The molecule has 162 valence electrons. The third-order valence-corrected chi connectivity index (χ3v) is 5.23. The molecule has 2 aromatic rings. The number of amides is 4. The molecule has 1 fully saturated rings. The Morgan fingerprint density at radius 2 is 1.74 bits per heavy atom. The quantitative estimate of drug-likeness (QED) is 0.545. The second kappa shape index (κ2) is 8.25. The fourth-order valence-electron chi connectivity index (χ4n) is 3.42. The summed E-state index contributed by atoms with van der Waals surface area (Å²) in [5, 5.41) is 5.18. The predicted molar refractivity (Wildman–Crippen MR) is 107 cm³/mol. The molecular formula is C22H21F2N3O4. The maximum atomic E-state index is 13.6. The molecule has 1 saturated heterocycles. The van der Waals surface area contributed by atoms with E-state index in [-0.39, 0.29) is 23.1 Å². The molecule has 4 amide bonds. The van der Waals surface area contributed by atoms with Crippen LogP contribution < -0.4 is 10.6 Å². The SMILES string of the molecule is CC(=O)NC(C)c1ccc(C(=O)CN2C(=O)NC(C)(c3ccc(F)c(F)c3)C2=O)cc1. The molecule has 0 bridgehead atoms. The van der Waals surface area contributed by atoms with Gasteiger partial charge in [0.25, 0.3) is 5.91 Å². The number of carbonyl (C=O) groups is 4. The number of hydrogen-bond acceptors (Lipinski definition) is 4. The summed E-state index contributed by atoms with van der Waals surface area (Å²) >= 11 is 0. The van der Waals surface area contributed by atoms with Crippen molar-refractivity contribution in [2.24, 2.45) is 0 Å². The van der Waals surface area contributed by atoms with E-state index in [4.69, 9.17) is 0 Å². The van der Waals surface area contributed by atoms with Gasteiger partial charge in [0.2, 0.25) is 5.91 Å². The molecule has 2 atom stereocenters. The third kappa shape index (κ3) is 4.30. The highest BCUT2D eigenvalue weighted by molar-refractivity contribution is 6.11. The van der Waals surface area contributed by atoms with Crippen molar-refractivity contribution in [3.8, 4) is 0 Å². The van der Waals surface area contributed by atoms with Gasteiger partial charge in [-0.25, -0.2) is 13.6 Å². The first-order chi connectivity index (χ1) is 14.5. The van der Waals surface area contributed by atoms with Crippen LogP contribution in [-0.2, 0) is 15.1 Å². The third-order valence-electron chi connectivity index (χ3n) is 5.23. The van der Waals surface area contributed by atoms with Crippen molar-refractivity contribution in [1.29, 1.82) is 0 Å². The number of imide groups is 1. The second-order valence-corrected chi connectivity index (χ2v) is 7.54. The van der Waals surface area contributed by atoms with Crippen molar-refractivity contribution >= 4 is 23.6 Å². The molecule has 1 heterocycles. The first kappa shape index (κ1) is 22.1. The van der Waals surface area contributed by atoms with Crippen molar-refractivity contribution < 1.29 is 28.0 Å². The number of benzene rings is 2. The van der Waals surface area contributed by atoms with Gasteiger partial charge in [0.1, 0.15) is 5.54 Å². The van der Waals surface area contributed by atoms with Crippen LogP contribution in [0.15, 0.2) is 42.5 Å². The Balaban J connectivity index is 1.75. The number of urea groups is 1. The molecule has 0 saturated carbocycles. The summed E-state index contributed by atoms with van der Waals surface area (Å²) in [7, 11) is 0. The molecule has 0 spiro atoms. The van der Waals surface area contributed by atoms with E-state index in [1.54, 1.807) is 31.2 Å². The lowest BCUT2D eigenvalue weighted by atomic mass is 9.92. The van der Waals surface area contributed by atoms with Crippen LogP contribution in [0.1, 0.15) is 48.3 Å². The number of hydrogen-bond donors (Lipinski definition) is 2. The van der Waals surface area contributed by atoms with Gasteiger partial charge in [0.05, 0.1) is 12.6 Å². The molecule has 0 radical (unpaired) electrons. The first-order valence-corrected chi connectivity index (χ1v) is 9.53. The van der Waals surface area contributed by atoms with Crippen LogP contribution in [0.3, 0.4) is 0 Å². The average Bonchev–Trinajstić information content (AvgIpc) is 2.93. The van der Waals surface area contributed by atoms with E-state index in [9.17, 15) is 28.0 Å². The number of rotatable bonds is 6. The zero-order valence-corrected chi connectivity index (χ0v) is 17.2. The van der Waals surface area contributed by atoms with Gasteiger partial charge in [-0.15, -0.1) is 0 Å². The second-order valence-electron chi connectivity index (χ2n) is 7.54. The molecule has 0 aliphatic carbocycles. The zero-order valence-electron chi connectivity index (χ0n) is 17.2. The molecular weight excluding hydrogens is 408 g/mol. The van der Waals surface area contributed by atoms with E-state index in [1.165, 1.54) is 19.9 Å². The molecule has 0 aromatic heterocycles. The maximum Gasteiger partial charge on any atom is 0.325 e. The van der Waals surface area contributed by atoms with E-state index in [1.807, 2.05) is 0 Å². The van der Waals surface area contributed by atoms with Crippen molar-refractivity contribution in [3.63, 3.8) is 0 Å². The molecule has 31 heavy (non-hydrogen) atoms. The highest BCUT2D eigenvalue weighted by Crippen LogP contribution is 2.30. The van der Waals surface area contributed by atoms with Crippen molar-refractivity contribution in [1.82, 2.24) is 15.5 Å². The number of nitrogens with one attached hydrogen (secondary N) is 2. The van der Waals surface area contributed by atoms with Gasteiger partial charge in [0, 0.05) is 12.5 Å². The van der Waals surface area contributed by atoms with E-state index in [0.29, 0.717) is 0 Å². The number of Topliss-reactive ketones (excluding diaryl/α,β-unsaturated/α-hetero) is 1. The lowest BCUT2D eigenvalue weighted by Gasteiger charge is -2.22. The highest BCUT2D eigenvalue weighted by atomic mass is 19.2. The fourth-order valence-corrected chi connectivity index (χ4v) is 3.42. The lowest BCUT2D eigenvalue weighted by molar-refractivity contribution is -0.130. The van der Waals surface area contributed by atoms with Crippen LogP contribution in [0.2, 0.25) is 0 Å². The predicted octanol–water partition coefficient (Wildman–Crippen LogP) is 2.81. The maximum absolute atomic E-state index is 13.6. The number of halogens is 2. The fraction of sp³-hybridized carbons (Fsp3) is 0.273. The smallest absolute Gasteiger partial charge is 0.325 e. The highest BCUT2D eigenvalue weighted by Gasteiger charge is 2.49. The van der Waals surface area contributed by atoms with E-state index in [0.717, 1.165) is 22.6 Å². The minimum absolute atomic E-state index is 0.0658. The van der Waals surface area contributed by atoms with Gasteiger partial charge >= 0.3 is 6.03 Å². The van der Waals surface area contributed by atoms with E-state index >= 15 is 0 Å². The summed E-state index contributed by atoms with van der Waals surface area (Å²) in [6.07, 6.45) is 0. The molecule has 2 unspecified atom stereocenters. The lowest BCUT2D eigenvalue weighted by Crippen LogP contribution is -2.41. The van der Waals surface area contributed by atoms with E-state index in [2.05, 4.69) is 10.6 Å². The Kier molecular flexibility index (Phi) is 5.88. The molecule has 2 N–H and O–H groups in total. The Morgan fingerprint density at radius 3 is 2.32 bits per heavy atom. The normalized spacial score (nSPS) is 19.2. The van der Waals surface area contributed by atoms with Crippen molar-refractivity contribution in [2.75, 3.05) is 6.54 Å². The van der Waals surface area contributed by atoms with Crippen molar-refractivity contribution in [3.05, 3.63) is 70.8 Å². The largest absolute Gasteiger partial charge is 0.350 e. The minimum Gasteiger partial charge on any atom is -0.350 e. The first-order valence-electron chi connectivity index (χ1n) is 9.53. The standard InChI is InChI=1S/C22H21F2N3O4/c1-12(25-13(2)28)14-4-6-15(7-5-14)19(29)11-27-20(30)22(3,26-21(27)31)16-8-9-17(23)18(24)10-16/h4-10,12H,11H2,1-3H3,(H,25,28)(H,26,31). The topological polar surface area (TPSA) is 95.6 Å². The summed E-state index contributed by atoms with van der Waals surface area (Å²) in [5.74, 6) is -3.63. The Labute approximate surface area is 177 Å². The Hall–Kier alpha value is -3.62. The molecule has 7 nitrogen and oxygen atoms in total. The molecule has 9 heteroatoms. The molecule has 1 aliphatic rings. The van der Waals surface area contributed by atoms with Gasteiger partial charge in [-0.3, -0.25) is 19.3 Å². The Morgan fingerprint density at radius 1 is 1.10 bits per heavy atom. The average molecular weight is 429 g/mol. The zero-order chi connectivity index (χ0) is 22.9. The molecule has 1 aliphatic heterocycles. The molecule has 2 aromatic carbocycles. The number of nitrogens with zero attached hydrogens (tertiary/aromatic N) is 1. The van der Waals surface area contributed by atoms with Gasteiger partial charge < -0.3 is 10.6 Å². The summed E-state index contributed by atoms with van der Waals surface area (Å²) in [5.41, 5.74) is -0.492. The summed E-state index contributed by atoms with van der Waals surface area (Å²) < 4.78 is 26.9. The summed E-state index contributed by atoms with van der Waals surface area (Å²) in [6.45, 7) is 4.05. The summed E-state index contributed by atoms with van der Waals surface area (Å²) in [6, 6.07) is 8.30. The van der Waals surface area contributed by atoms with Crippen LogP contribution >= 0.6 is 0 Å². The Bertz CT molecular complexity index is 1070. The number of ketones is 1. The van der Waals surface area contributed by atoms with Gasteiger partial charge in [-0.2, -0.15) is 0 Å².